The van der Waals surface area contributed by atoms with Crippen molar-refractivity contribution in [2.45, 2.75) is 46.2 Å². The lowest BCUT2D eigenvalue weighted by Crippen LogP contribution is -2.37. The van der Waals surface area contributed by atoms with Crippen LogP contribution in [-0.2, 0) is 11.3 Å². The molecule has 1 amide bonds. The van der Waals surface area contributed by atoms with E-state index in [4.69, 9.17) is 9.47 Å². The fourth-order valence-electron chi connectivity index (χ4n) is 4.02. The van der Waals surface area contributed by atoms with Gasteiger partial charge in [-0.2, -0.15) is 0 Å². The van der Waals surface area contributed by atoms with E-state index in [0.717, 1.165) is 40.9 Å². The van der Waals surface area contributed by atoms with Crippen LogP contribution < -0.4 is 20.1 Å². The monoisotopic (exact) mass is 503 g/mol. The Bertz CT molecular complexity index is 889. The number of halogens is 1. The van der Waals surface area contributed by atoms with Crippen molar-refractivity contribution in [2.24, 2.45) is 0 Å². The minimum Gasteiger partial charge on any atom is -0.490 e. The number of aryl methyl sites for hydroxylation is 1. The molecule has 3 rings (SSSR count). The average Bonchev–Trinajstić information content (AvgIpc) is 3.22. The summed E-state index contributed by atoms with van der Waals surface area (Å²) < 4.78 is 12.4. The van der Waals surface area contributed by atoms with Gasteiger partial charge in [-0.25, -0.2) is 0 Å². The van der Waals surface area contributed by atoms with Gasteiger partial charge in [-0.15, -0.1) is 0 Å². The molecule has 0 spiro atoms. The number of benzene rings is 2. The van der Waals surface area contributed by atoms with Crippen molar-refractivity contribution in [3.05, 3.63) is 52.0 Å². The highest BCUT2D eigenvalue weighted by atomic mass is 79.9. The van der Waals surface area contributed by atoms with Gasteiger partial charge in [-0.3, -0.25) is 9.69 Å². The molecular formula is C25H34BrN3O3. The van der Waals surface area contributed by atoms with Gasteiger partial charge in [-0.05, 0) is 85.5 Å². The molecule has 174 valence electrons. The number of anilines is 1. The molecule has 1 aliphatic heterocycles. The standard InChI is InChI=1S/C25H34BrN3O3/c1-4-29-12-6-7-21(29)16-27-15-19-13-22(26)25(23(14-19)31-5-2)32-17-24(30)28-20-10-8-18(3)9-11-20/h8-11,13-14,21,27H,4-7,12,15-17H2,1-3H3,(H,28,30). The molecule has 0 bridgehead atoms. The highest BCUT2D eigenvalue weighted by molar-refractivity contribution is 9.10. The lowest BCUT2D eigenvalue weighted by atomic mass is 10.1. The van der Waals surface area contributed by atoms with E-state index < -0.39 is 0 Å². The number of hydrogen-bond acceptors (Lipinski definition) is 5. The number of nitrogens with zero attached hydrogens (tertiary/aromatic N) is 1. The number of hydrogen-bond donors (Lipinski definition) is 2. The summed E-state index contributed by atoms with van der Waals surface area (Å²) in [7, 11) is 0. The van der Waals surface area contributed by atoms with E-state index in [9.17, 15) is 4.79 Å². The van der Waals surface area contributed by atoms with Crippen LogP contribution in [0, 0.1) is 6.92 Å². The van der Waals surface area contributed by atoms with Gasteiger partial charge in [0.15, 0.2) is 18.1 Å². The van der Waals surface area contributed by atoms with E-state index in [2.05, 4.69) is 38.4 Å². The van der Waals surface area contributed by atoms with Gasteiger partial charge >= 0.3 is 0 Å². The van der Waals surface area contributed by atoms with Gasteiger partial charge in [0.2, 0.25) is 0 Å². The first-order chi connectivity index (χ1) is 15.5. The Hall–Kier alpha value is -2.09. The molecule has 7 heteroatoms. The molecule has 0 aromatic heterocycles. The van der Waals surface area contributed by atoms with Crippen LogP contribution in [0.25, 0.3) is 0 Å². The first kappa shape index (κ1) is 24.6. The van der Waals surface area contributed by atoms with Gasteiger partial charge in [0.1, 0.15) is 0 Å². The van der Waals surface area contributed by atoms with Gasteiger partial charge < -0.3 is 20.1 Å². The maximum absolute atomic E-state index is 12.3. The van der Waals surface area contributed by atoms with Crippen molar-refractivity contribution in [3.8, 4) is 11.5 Å². The van der Waals surface area contributed by atoms with Crippen molar-refractivity contribution in [1.82, 2.24) is 10.2 Å². The van der Waals surface area contributed by atoms with Crippen LogP contribution in [0.1, 0.15) is 37.8 Å². The molecule has 1 heterocycles. The third kappa shape index (κ3) is 6.95. The zero-order chi connectivity index (χ0) is 22.9. The summed E-state index contributed by atoms with van der Waals surface area (Å²) in [4.78, 5) is 14.9. The molecule has 0 aliphatic carbocycles. The molecule has 1 aliphatic rings. The lowest BCUT2D eigenvalue weighted by Gasteiger charge is -2.23. The number of likely N-dealkylation sites (tertiary alicyclic amines) is 1. The maximum Gasteiger partial charge on any atom is 0.262 e. The highest BCUT2D eigenvalue weighted by Gasteiger charge is 2.22. The Balaban J connectivity index is 1.58. The first-order valence-corrected chi connectivity index (χ1v) is 12.2. The molecule has 6 nitrogen and oxygen atoms in total. The normalized spacial score (nSPS) is 16.2. The summed E-state index contributed by atoms with van der Waals surface area (Å²) in [5.74, 6) is 0.964. The molecule has 1 unspecified atom stereocenters. The summed E-state index contributed by atoms with van der Waals surface area (Å²) in [6.45, 7) is 10.6. The average molecular weight is 504 g/mol. The summed E-state index contributed by atoms with van der Waals surface area (Å²) in [5.41, 5.74) is 3.00. The molecule has 2 aromatic rings. The van der Waals surface area contributed by atoms with Gasteiger partial charge in [-0.1, -0.05) is 24.6 Å². The van der Waals surface area contributed by atoms with E-state index in [1.165, 1.54) is 19.4 Å². The van der Waals surface area contributed by atoms with Crippen molar-refractivity contribution in [1.29, 1.82) is 0 Å². The summed E-state index contributed by atoms with van der Waals surface area (Å²) in [6, 6.07) is 12.3. The minimum absolute atomic E-state index is 0.0985. The zero-order valence-electron chi connectivity index (χ0n) is 19.2. The topological polar surface area (TPSA) is 62.8 Å². The van der Waals surface area contributed by atoms with E-state index >= 15 is 0 Å². The molecular weight excluding hydrogens is 470 g/mol. The molecule has 1 atom stereocenters. The van der Waals surface area contributed by atoms with Crippen LogP contribution in [0.15, 0.2) is 40.9 Å². The Labute approximate surface area is 199 Å². The van der Waals surface area contributed by atoms with Gasteiger partial charge in [0.05, 0.1) is 11.1 Å². The van der Waals surface area contributed by atoms with Crippen LogP contribution in [0.5, 0.6) is 11.5 Å². The highest BCUT2D eigenvalue weighted by Crippen LogP contribution is 2.37. The number of likely N-dealkylation sites (N-methyl/N-ethyl adjacent to an activating group) is 1. The van der Waals surface area contributed by atoms with Crippen LogP contribution in [0.4, 0.5) is 5.69 Å². The predicted molar refractivity (Wildman–Crippen MR) is 133 cm³/mol. The van der Waals surface area contributed by atoms with Crippen molar-refractivity contribution in [2.75, 3.05) is 38.2 Å². The molecule has 0 radical (unpaired) electrons. The molecule has 1 saturated heterocycles. The minimum atomic E-state index is -0.217. The molecule has 2 N–H and O–H groups in total. The fraction of sp³-hybridized carbons (Fsp3) is 0.480. The SMILES string of the molecule is CCOc1cc(CNCC2CCCN2CC)cc(Br)c1OCC(=O)Nc1ccc(C)cc1. The Morgan fingerprint density at radius 1 is 1.19 bits per heavy atom. The third-order valence-electron chi connectivity index (χ3n) is 5.67. The fourth-order valence-corrected chi connectivity index (χ4v) is 4.63. The van der Waals surface area contributed by atoms with Crippen molar-refractivity contribution >= 4 is 27.5 Å². The molecule has 32 heavy (non-hydrogen) atoms. The number of rotatable bonds is 11. The number of ether oxygens (including phenoxy) is 2. The largest absolute Gasteiger partial charge is 0.490 e. The van der Waals surface area contributed by atoms with Crippen LogP contribution in [0.3, 0.4) is 0 Å². The Kier molecular flexibility index (Phi) is 9.38. The number of nitrogens with one attached hydrogen (secondary N) is 2. The number of carbonyl (C=O) groups is 1. The third-order valence-corrected chi connectivity index (χ3v) is 6.26. The van der Waals surface area contributed by atoms with Crippen LogP contribution in [0.2, 0.25) is 0 Å². The molecule has 1 fully saturated rings. The zero-order valence-corrected chi connectivity index (χ0v) is 20.8. The number of amides is 1. The second kappa shape index (κ2) is 12.2. The summed E-state index contributed by atoms with van der Waals surface area (Å²) in [5, 5.41) is 6.43. The van der Waals surface area contributed by atoms with Gasteiger partial charge in [0, 0.05) is 24.8 Å². The number of carbonyl (C=O) groups excluding carboxylic acids is 1. The lowest BCUT2D eigenvalue weighted by molar-refractivity contribution is -0.118. The second-order valence-electron chi connectivity index (χ2n) is 8.10. The smallest absolute Gasteiger partial charge is 0.262 e. The maximum atomic E-state index is 12.3. The van der Waals surface area contributed by atoms with Crippen LogP contribution in [-0.4, -0.2) is 49.7 Å². The predicted octanol–water partition coefficient (Wildman–Crippen LogP) is 4.75. The van der Waals surface area contributed by atoms with Crippen molar-refractivity contribution < 1.29 is 14.3 Å². The van der Waals surface area contributed by atoms with E-state index in [0.29, 0.717) is 24.1 Å². The second-order valence-corrected chi connectivity index (χ2v) is 8.95. The Morgan fingerprint density at radius 3 is 2.69 bits per heavy atom. The molecule has 2 aromatic carbocycles. The van der Waals surface area contributed by atoms with Crippen LogP contribution >= 0.6 is 15.9 Å². The van der Waals surface area contributed by atoms with E-state index in [1.54, 1.807) is 0 Å². The van der Waals surface area contributed by atoms with E-state index in [1.807, 2.05) is 50.2 Å². The Morgan fingerprint density at radius 2 is 1.97 bits per heavy atom. The summed E-state index contributed by atoms with van der Waals surface area (Å²) >= 11 is 3.60. The first-order valence-electron chi connectivity index (χ1n) is 11.4. The van der Waals surface area contributed by atoms with Gasteiger partial charge in [0.25, 0.3) is 5.91 Å². The van der Waals surface area contributed by atoms with Crippen molar-refractivity contribution in [3.63, 3.8) is 0 Å². The molecule has 0 saturated carbocycles. The summed E-state index contributed by atoms with van der Waals surface area (Å²) in [6.07, 6.45) is 2.54. The van der Waals surface area contributed by atoms with E-state index in [-0.39, 0.29) is 12.5 Å². The quantitative estimate of drug-likeness (QED) is 0.463.